The fourth-order valence-corrected chi connectivity index (χ4v) is 3.30. The van der Waals surface area contributed by atoms with E-state index in [2.05, 4.69) is 53.4 Å². The van der Waals surface area contributed by atoms with Crippen molar-refractivity contribution in [3.8, 4) is 0 Å². The van der Waals surface area contributed by atoms with Crippen LogP contribution in [0, 0.1) is 0 Å². The Balaban J connectivity index is 0.00000316. The van der Waals surface area contributed by atoms with Crippen LogP contribution in [0.4, 0.5) is 22.7 Å². The predicted molar refractivity (Wildman–Crippen MR) is 153 cm³/mol. The lowest BCUT2D eigenvalue weighted by atomic mass is 10.2. The number of carbonyl (C=O) groups is 1. The predicted octanol–water partition coefficient (Wildman–Crippen LogP) is 4.16. The zero-order valence-corrected chi connectivity index (χ0v) is 23.5. The quantitative estimate of drug-likeness (QED) is 0.222. The lowest BCUT2D eigenvalue weighted by Crippen LogP contribution is -3.08. The molecule has 0 saturated heterocycles. The molecule has 0 aliphatic carbocycles. The second-order valence-corrected chi connectivity index (χ2v) is 8.05. The molecule has 36 heavy (non-hydrogen) atoms. The van der Waals surface area contributed by atoms with E-state index in [1.54, 1.807) is 11.9 Å². The highest BCUT2D eigenvalue weighted by atomic mass is 16.5. The minimum atomic E-state index is -0.443. The molecule has 2 aromatic carbocycles. The number of anilines is 4. The number of hydrogen-bond acceptors (Lipinski definition) is 7. The van der Waals surface area contributed by atoms with Gasteiger partial charge in [0.15, 0.2) is 0 Å². The Hall–Kier alpha value is -3.52. The molecule has 0 fully saturated rings. The molecule has 0 saturated carbocycles. The highest BCUT2D eigenvalue weighted by Gasteiger charge is 2.23. The molecule has 2 rings (SSSR count). The van der Waals surface area contributed by atoms with Crippen LogP contribution in [0.15, 0.2) is 66.0 Å². The highest BCUT2D eigenvalue weighted by molar-refractivity contribution is 6.31. The molecule has 2 aromatic rings. The van der Waals surface area contributed by atoms with E-state index in [4.69, 9.17) is 4.74 Å². The molecule has 0 heterocycles. The number of quaternary nitrogens is 1. The van der Waals surface area contributed by atoms with Crippen molar-refractivity contribution in [3.63, 3.8) is 0 Å². The summed E-state index contributed by atoms with van der Waals surface area (Å²) in [5.74, 6) is -0.167. The van der Waals surface area contributed by atoms with Crippen molar-refractivity contribution in [1.29, 1.82) is 0 Å². The van der Waals surface area contributed by atoms with E-state index >= 15 is 0 Å². The van der Waals surface area contributed by atoms with Crippen LogP contribution in [0.3, 0.4) is 0 Å². The van der Waals surface area contributed by atoms with Gasteiger partial charge in [-0.15, -0.1) is 5.10 Å². The number of esters is 1. The molecule has 0 radical (unpaired) electrons. The summed E-state index contributed by atoms with van der Waals surface area (Å²) in [5.41, 5.74) is 4.07. The van der Waals surface area contributed by atoms with Crippen molar-refractivity contribution >= 4 is 34.6 Å². The fourth-order valence-electron chi connectivity index (χ4n) is 3.30. The van der Waals surface area contributed by atoms with Crippen LogP contribution in [0.25, 0.3) is 0 Å². The van der Waals surface area contributed by atoms with Crippen molar-refractivity contribution in [2.24, 2.45) is 5.10 Å². The number of likely N-dealkylation sites (N-methyl/N-ethyl adjacent to an activating group) is 1. The second kappa shape index (κ2) is 16.2. The van der Waals surface area contributed by atoms with Gasteiger partial charge in [0.25, 0.3) is 0 Å². The Kier molecular flexibility index (Phi) is 13.7. The number of nitrogens with one attached hydrogen (secondary N) is 2. The number of nitrogens with zero attached hydrogens (tertiary/aromatic N) is 4. The van der Waals surface area contributed by atoms with Gasteiger partial charge in [0, 0.05) is 51.3 Å². The normalized spacial score (nSPS) is 11.9. The molecule has 1 atom stereocenters. The Morgan fingerprint density at radius 2 is 1.42 bits per heavy atom. The molecule has 198 valence electrons. The molecule has 8 heteroatoms. The summed E-state index contributed by atoms with van der Waals surface area (Å²) in [6.07, 6.45) is 3.72. The summed E-state index contributed by atoms with van der Waals surface area (Å²) in [4.78, 5) is 17.4. The Morgan fingerprint density at radius 1 is 0.917 bits per heavy atom. The molecule has 2 N–H and O–H groups in total. The van der Waals surface area contributed by atoms with E-state index in [1.165, 1.54) is 5.69 Å². The molecule has 8 nitrogen and oxygen atoms in total. The van der Waals surface area contributed by atoms with Crippen molar-refractivity contribution in [1.82, 2.24) is 4.90 Å². The smallest absolute Gasteiger partial charge is 0.415 e. The van der Waals surface area contributed by atoms with E-state index in [-0.39, 0.29) is 5.84 Å². The first kappa shape index (κ1) is 30.5. The van der Waals surface area contributed by atoms with Crippen LogP contribution >= 0.6 is 0 Å². The number of hydrogen-bond donors (Lipinski definition) is 2. The lowest BCUT2D eigenvalue weighted by Gasteiger charge is -2.21. The van der Waals surface area contributed by atoms with E-state index in [0.29, 0.717) is 6.61 Å². The van der Waals surface area contributed by atoms with Crippen molar-refractivity contribution in [2.45, 2.75) is 34.6 Å². The topological polar surface area (TPSA) is 64.8 Å². The average Bonchev–Trinajstić information content (AvgIpc) is 2.89. The summed E-state index contributed by atoms with van der Waals surface area (Å²) < 4.78 is 5.21. The van der Waals surface area contributed by atoms with Gasteiger partial charge in [0.05, 0.1) is 25.5 Å². The summed E-state index contributed by atoms with van der Waals surface area (Å²) >= 11 is 0. The summed E-state index contributed by atoms with van der Waals surface area (Å²) in [6.45, 7) is 12.4. The third-order valence-corrected chi connectivity index (χ3v) is 5.24. The molecule has 1 unspecified atom stereocenters. The van der Waals surface area contributed by atoms with E-state index in [1.807, 2.05) is 83.6 Å². The first-order valence-electron chi connectivity index (χ1n) is 12.7. The third kappa shape index (κ3) is 9.62. The minimum Gasteiger partial charge on any atom is -0.457 e. The fraction of sp³-hybridized carbons (Fsp3) is 0.429. The van der Waals surface area contributed by atoms with Gasteiger partial charge in [0.2, 0.25) is 0 Å². The SMILES string of the molecule is CC.CCOC(=O)/C(=N\N(C)c1ccc(Nc2ccc(N(CC)CC)cc2)cc1)[NH+](C)/C=C\N(C)C. The van der Waals surface area contributed by atoms with Crippen LogP contribution in [-0.4, -0.2) is 64.6 Å². The van der Waals surface area contributed by atoms with Crippen molar-refractivity contribution < 1.29 is 14.4 Å². The summed E-state index contributed by atoms with van der Waals surface area (Å²) in [6, 6.07) is 16.3. The molecule has 0 bridgehead atoms. The molecular weight excluding hydrogens is 452 g/mol. The van der Waals surface area contributed by atoms with Crippen molar-refractivity contribution in [2.75, 3.05) is 63.1 Å². The van der Waals surface area contributed by atoms with Crippen LogP contribution in [0.1, 0.15) is 34.6 Å². The van der Waals surface area contributed by atoms with Crippen LogP contribution in [-0.2, 0) is 9.53 Å². The van der Waals surface area contributed by atoms with Gasteiger partial charge < -0.3 is 19.9 Å². The highest BCUT2D eigenvalue weighted by Crippen LogP contribution is 2.23. The third-order valence-electron chi connectivity index (χ3n) is 5.24. The number of hydrazone groups is 1. The number of amidine groups is 1. The minimum absolute atomic E-state index is 0.276. The molecule has 0 aliphatic rings. The molecule has 0 aliphatic heterocycles. The Bertz CT molecular complexity index is 951. The van der Waals surface area contributed by atoms with E-state index in [9.17, 15) is 4.79 Å². The van der Waals surface area contributed by atoms with Gasteiger partial charge in [0.1, 0.15) is 6.20 Å². The van der Waals surface area contributed by atoms with Crippen LogP contribution < -0.4 is 20.1 Å². The average molecular weight is 498 g/mol. The van der Waals surface area contributed by atoms with E-state index < -0.39 is 5.97 Å². The largest absolute Gasteiger partial charge is 0.457 e. The number of carbonyl (C=O) groups excluding carboxylic acids is 1. The summed E-state index contributed by atoms with van der Waals surface area (Å²) in [7, 11) is 7.51. The maximum atomic E-state index is 12.5. The van der Waals surface area contributed by atoms with E-state index in [0.717, 1.165) is 35.1 Å². The maximum Gasteiger partial charge on any atom is 0.415 e. The standard InChI is InChI=1S/C26H38N6O2.C2H6/c1-8-32(9-2)24-17-13-22(14-18-24)27-21-11-15-23(16-12-21)31(7)28-25(26(33)34-10-3)30(6)20-19-29(4)5;1-2/h11-20,27H,8-10H2,1-7H3;1-2H3/p+1/b20-19-,28-25+;. The first-order valence-corrected chi connectivity index (χ1v) is 12.7. The van der Waals surface area contributed by atoms with Gasteiger partial charge in [-0.05, 0) is 69.3 Å². The molecule has 0 spiro atoms. The number of benzene rings is 2. The monoisotopic (exact) mass is 497 g/mol. The van der Waals surface area contributed by atoms with Crippen molar-refractivity contribution in [3.05, 3.63) is 60.9 Å². The van der Waals surface area contributed by atoms with Gasteiger partial charge in [-0.3, -0.25) is 9.91 Å². The number of ether oxygens (including phenoxy) is 1. The van der Waals surface area contributed by atoms with Gasteiger partial charge >= 0.3 is 11.8 Å². The molecule has 0 aromatic heterocycles. The summed E-state index contributed by atoms with van der Waals surface area (Å²) in [5, 5.41) is 9.65. The Morgan fingerprint density at radius 3 is 1.86 bits per heavy atom. The maximum absolute atomic E-state index is 12.5. The van der Waals surface area contributed by atoms with Gasteiger partial charge in [-0.1, -0.05) is 13.8 Å². The van der Waals surface area contributed by atoms with Crippen LogP contribution in [0.2, 0.25) is 0 Å². The first-order chi connectivity index (χ1) is 17.3. The number of rotatable bonds is 10. The van der Waals surface area contributed by atoms with Gasteiger partial charge in [-0.2, -0.15) is 0 Å². The lowest BCUT2D eigenvalue weighted by molar-refractivity contribution is -0.720. The zero-order chi connectivity index (χ0) is 27.1. The molecular formula is C28H45N6O2+. The van der Waals surface area contributed by atoms with Crippen LogP contribution in [0.5, 0.6) is 0 Å². The Labute approximate surface area is 217 Å². The second-order valence-electron chi connectivity index (χ2n) is 8.05. The molecule has 0 amide bonds. The zero-order valence-electron chi connectivity index (χ0n) is 23.5. The van der Waals surface area contributed by atoms with Gasteiger partial charge in [-0.25, -0.2) is 4.79 Å².